The Hall–Kier alpha value is -1.62. The molecule has 1 saturated heterocycles. The summed E-state index contributed by atoms with van der Waals surface area (Å²) in [5, 5.41) is 0.470. The number of hydrogen-bond donors (Lipinski definition) is 0. The lowest BCUT2D eigenvalue weighted by atomic mass is 10.1. The van der Waals surface area contributed by atoms with Crippen LogP contribution < -0.4 is 4.74 Å². The highest BCUT2D eigenvalue weighted by atomic mass is 35.5. The highest BCUT2D eigenvalue weighted by Crippen LogP contribution is 2.25. The minimum absolute atomic E-state index is 0.0133. The van der Waals surface area contributed by atoms with Crippen molar-refractivity contribution in [3.8, 4) is 5.75 Å². The minimum Gasteiger partial charge on any atom is -0.487 e. The molecule has 1 amide bonds. The van der Waals surface area contributed by atoms with E-state index in [4.69, 9.17) is 16.3 Å². The Bertz CT molecular complexity index is 521. The van der Waals surface area contributed by atoms with Crippen molar-refractivity contribution in [1.82, 2.24) is 9.88 Å². The number of piperidine rings is 1. The summed E-state index contributed by atoms with van der Waals surface area (Å²) in [5.74, 6) is 0.644. The summed E-state index contributed by atoms with van der Waals surface area (Å²) in [6.07, 6.45) is 5.44. The van der Waals surface area contributed by atoms with Crippen molar-refractivity contribution < 1.29 is 14.3 Å². The topological polar surface area (TPSA) is 59.5 Å². The van der Waals surface area contributed by atoms with Crippen molar-refractivity contribution in [2.75, 3.05) is 13.1 Å². The first-order valence-electron chi connectivity index (χ1n) is 7.09. The van der Waals surface area contributed by atoms with Gasteiger partial charge in [0.15, 0.2) is 0 Å². The molecule has 0 N–H and O–H groups in total. The van der Waals surface area contributed by atoms with Gasteiger partial charge in [-0.2, -0.15) is 0 Å². The average Bonchev–Trinajstić information content (AvgIpc) is 2.47. The molecule has 0 aliphatic carbocycles. The van der Waals surface area contributed by atoms with Crippen LogP contribution in [0.1, 0.15) is 32.6 Å². The van der Waals surface area contributed by atoms with Crippen LogP contribution in [0.25, 0.3) is 0 Å². The monoisotopic (exact) mass is 310 g/mol. The molecule has 1 aromatic heterocycles. The van der Waals surface area contributed by atoms with Gasteiger partial charge in [-0.05, 0) is 19.8 Å². The van der Waals surface area contributed by atoms with E-state index in [1.165, 1.54) is 13.1 Å². The van der Waals surface area contributed by atoms with Gasteiger partial charge in [0.1, 0.15) is 22.7 Å². The highest BCUT2D eigenvalue weighted by molar-refractivity contribution is 6.31. The van der Waals surface area contributed by atoms with Crippen LogP contribution >= 0.6 is 11.6 Å². The SMILES string of the molecule is CC(=O)CCC(=O)N1CCCC(Oc2ccncc2Cl)C1. The first-order valence-corrected chi connectivity index (χ1v) is 7.47. The summed E-state index contributed by atoms with van der Waals surface area (Å²) in [6.45, 7) is 2.76. The maximum atomic E-state index is 12.0. The number of amides is 1. The zero-order valence-electron chi connectivity index (χ0n) is 12.0. The highest BCUT2D eigenvalue weighted by Gasteiger charge is 2.25. The van der Waals surface area contributed by atoms with E-state index in [2.05, 4.69) is 4.98 Å². The van der Waals surface area contributed by atoms with Gasteiger partial charge in [0.05, 0.1) is 6.54 Å². The maximum Gasteiger partial charge on any atom is 0.223 e. The molecule has 2 heterocycles. The number of nitrogens with zero attached hydrogens (tertiary/aromatic N) is 2. The molecule has 6 heteroatoms. The fraction of sp³-hybridized carbons (Fsp3) is 0.533. The summed E-state index contributed by atoms with van der Waals surface area (Å²) < 4.78 is 5.86. The lowest BCUT2D eigenvalue weighted by Crippen LogP contribution is -2.44. The lowest BCUT2D eigenvalue weighted by molar-refractivity contribution is -0.135. The van der Waals surface area contributed by atoms with E-state index in [1.807, 2.05) is 0 Å². The second-order valence-electron chi connectivity index (χ2n) is 5.23. The van der Waals surface area contributed by atoms with E-state index in [1.54, 1.807) is 17.2 Å². The van der Waals surface area contributed by atoms with Crippen LogP contribution in [-0.2, 0) is 9.59 Å². The molecule has 2 rings (SSSR count). The first kappa shape index (κ1) is 15.8. The normalized spacial score (nSPS) is 18.4. The molecule has 21 heavy (non-hydrogen) atoms. The number of ether oxygens (including phenoxy) is 1. The quantitative estimate of drug-likeness (QED) is 0.838. The number of likely N-dealkylation sites (tertiary alicyclic amines) is 1. The summed E-state index contributed by atoms with van der Waals surface area (Å²) in [6, 6.07) is 1.72. The van der Waals surface area contributed by atoms with Crippen LogP contribution in [0.4, 0.5) is 0 Å². The fourth-order valence-electron chi connectivity index (χ4n) is 2.34. The van der Waals surface area contributed by atoms with Crippen LogP contribution in [0.15, 0.2) is 18.5 Å². The summed E-state index contributed by atoms with van der Waals surface area (Å²) in [7, 11) is 0. The van der Waals surface area contributed by atoms with Crippen molar-refractivity contribution in [2.24, 2.45) is 0 Å². The molecule has 5 nitrogen and oxygen atoms in total. The second kappa shape index (κ2) is 7.41. The fourth-order valence-corrected chi connectivity index (χ4v) is 2.50. The molecule has 1 aliphatic rings. The third-order valence-electron chi connectivity index (χ3n) is 3.45. The van der Waals surface area contributed by atoms with E-state index in [0.29, 0.717) is 23.7 Å². The number of aromatic nitrogens is 1. The third-order valence-corrected chi connectivity index (χ3v) is 3.73. The number of halogens is 1. The predicted molar refractivity (Wildman–Crippen MR) is 79.4 cm³/mol. The van der Waals surface area contributed by atoms with Crippen molar-refractivity contribution in [3.05, 3.63) is 23.5 Å². The molecule has 1 aromatic rings. The average molecular weight is 311 g/mol. The van der Waals surface area contributed by atoms with E-state index in [-0.39, 0.29) is 24.2 Å². The first-order chi connectivity index (χ1) is 10.1. The molecule has 0 bridgehead atoms. The van der Waals surface area contributed by atoms with Gasteiger partial charge in [0.2, 0.25) is 5.91 Å². The van der Waals surface area contributed by atoms with Gasteiger partial charge in [0, 0.05) is 37.8 Å². The van der Waals surface area contributed by atoms with Crippen LogP contribution in [-0.4, -0.2) is 40.8 Å². The van der Waals surface area contributed by atoms with Crippen molar-refractivity contribution in [1.29, 1.82) is 0 Å². The Morgan fingerprint density at radius 3 is 3.00 bits per heavy atom. The number of hydrogen-bond acceptors (Lipinski definition) is 4. The number of carbonyl (C=O) groups excluding carboxylic acids is 2. The van der Waals surface area contributed by atoms with Crippen molar-refractivity contribution >= 4 is 23.3 Å². The van der Waals surface area contributed by atoms with Gasteiger partial charge < -0.3 is 14.4 Å². The number of rotatable bonds is 5. The Morgan fingerprint density at radius 2 is 2.29 bits per heavy atom. The molecule has 1 aliphatic heterocycles. The standard InChI is InChI=1S/C15H19ClN2O3/c1-11(19)4-5-15(20)18-8-2-3-12(10-18)21-14-6-7-17-9-13(14)16/h6-7,9,12H,2-5,8,10H2,1H3. The number of carbonyl (C=O) groups is 2. The summed E-state index contributed by atoms with van der Waals surface area (Å²) in [4.78, 5) is 28.7. The van der Waals surface area contributed by atoms with Gasteiger partial charge >= 0.3 is 0 Å². The largest absolute Gasteiger partial charge is 0.487 e. The molecule has 0 spiro atoms. The van der Waals surface area contributed by atoms with Gasteiger partial charge in [-0.25, -0.2) is 0 Å². The lowest BCUT2D eigenvalue weighted by Gasteiger charge is -2.33. The summed E-state index contributed by atoms with van der Waals surface area (Å²) >= 11 is 6.02. The molecule has 1 atom stereocenters. The van der Waals surface area contributed by atoms with Crippen molar-refractivity contribution in [3.63, 3.8) is 0 Å². The van der Waals surface area contributed by atoms with E-state index in [0.717, 1.165) is 19.4 Å². The van der Waals surface area contributed by atoms with Crippen molar-refractivity contribution in [2.45, 2.75) is 38.7 Å². The zero-order valence-corrected chi connectivity index (χ0v) is 12.8. The molecular weight excluding hydrogens is 292 g/mol. The molecule has 0 saturated carbocycles. The smallest absolute Gasteiger partial charge is 0.223 e. The van der Waals surface area contributed by atoms with Crippen LogP contribution in [0.5, 0.6) is 5.75 Å². The summed E-state index contributed by atoms with van der Waals surface area (Å²) in [5.41, 5.74) is 0. The Kier molecular flexibility index (Phi) is 5.56. The van der Waals surface area contributed by atoms with Gasteiger partial charge in [-0.1, -0.05) is 11.6 Å². The zero-order chi connectivity index (χ0) is 15.2. The minimum atomic E-state index is -0.0695. The molecule has 0 radical (unpaired) electrons. The van der Waals surface area contributed by atoms with E-state index in [9.17, 15) is 9.59 Å². The Labute approximate surface area is 129 Å². The number of pyridine rings is 1. The maximum absolute atomic E-state index is 12.0. The van der Waals surface area contributed by atoms with E-state index < -0.39 is 0 Å². The van der Waals surface area contributed by atoms with Crippen LogP contribution in [0.2, 0.25) is 5.02 Å². The van der Waals surface area contributed by atoms with Crippen LogP contribution in [0.3, 0.4) is 0 Å². The number of ketones is 1. The van der Waals surface area contributed by atoms with E-state index >= 15 is 0 Å². The Morgan fingerprint density at radius 1 is 1.48 bits per heavy atom. The van der Waals surface area contributed by atoms with Gasteiger partial charge in [-0.15, -0.1) is 0 Å². The molecular formula is C15H19ClN2O3. The molecule has 1 fully saturated rings. The predicted octanol–water partition coefficient (Wildman–Crippen LogP) is 2.47. The molecule has 1 unspecified atom stereocenters. The molecule has 0 aromatic carbocycles. The molecule has 114 valence electrons. The third kappa shape index (κ3) is 4.70. The second-order valence-corrected chi connectivity index (χ2v) is 5.64. The number of Topliss-reactive ketones (excluding diaryl/α,β-unsaturated/α-hetero) is 1. The van der Waals surface area contributed by atoms with Crippen LogP contribution in [0, 0.1) is 0 Å². The Balaban J connectivity index is 1.90. The van der Waals surface area contributed by atoms with Gasteiger partial charge in [0.25, 0.3) is 0 Å². The van der Waals surface area contributed by atoms with Gasteiger partial charge in [-0.3, -0.25) is 9.78 Å².